The molecule has 2 aromatic carbocycles. The summed E-state index contributed by atoms with van der Waals surface area (Å²) in [5.74, 6) is -0.977. The molecule has 2 heterocycles. The van der Waals surface area contributed by atoms with Crippen LogP contribution in [-0.2, 0) is 9.59 Å². The number of nitrogens with one attached hydrogen (secondary N) is 1. The van der Waals surface area contributed by atoms with Crippen LogP contribution < -0.4 is 10.2 Å². The molecular formula is C21H14BrN3O2S. The summed E-state index contributed by atoms with van der Waals surface area (Å²) in [5.41, 5.74) is 2.24. The van der Waals surface area contributed by atoms with Gasteiger partial charge in [-0.2, -0.15) is 0 Å². The van der Waals surface area contributed by atoms with E-state index in [1.165, 1.54) is 4.90 Å². The normalized spacial score (nSPS) is 15.8. The molecule has 1 aromatic heterocycles. The van der Waals surface area contributed by atoms with Crippen LogP contribution in [0.3, 0.4) is 0 Å². The number of benzene rings is 2. The molecular weight excluding hydrogens is 438 g/mol. The maximum Gasteiger partial charge on any atom is 0.270 e. The van der Waals surface area contributed by atoms with Crippen molar-refractivity contribution in [3.63, 3.8) is 0 Å². The van der Waals surface area contributed by atoms with E-state index < -0.39 is 11.8 Å². The Labute approximate surface area is 175 Å². The maximum atomic E-state index is 13.1. The minimum atomic E-state index is -0.512. The highest BCUT2D eigenvalue weighted by molar-refractivity contribution is 9.10. The molecule has 2 amide bonds. The Hall–Kier alpha value is -3.03. The Morgan fingerprint density at radius 1 is 0.929 bits per heavy atom. The molecule has 1 aliphatic heterocycles. The second kappa shape index (κ2) is 7.53. The van der Waals surface area contributed by atoms with E-state index in [4.69, 9.17) is 12.2 Å². The first-order valence-electron chi connectivity index (χ1n) is 8.44. The fourth-order valence-corrected chi connectivity index (χ4v) is 3.66. The first-order chi connectivity index (χ1) is 13.5. The van der Waals surface area contributed by atoms with Crippen molar-refractivity contribution in [3.8, 4) is 5.69 Å². The van der Waals surface area contributed by atoms with Crippen molar-refractivity contribution in [1.82, 2.24) is 9.88 Å². The van der Waals surface area contributed by atoms with Gasteiger partial charge in [0.05, 0.1) is 5.69 Å². The van der Waals surface area contributed by atoms with Gasteiger partial charge in [-0.1, -0.05) is 40.2 Å². The number of halogens is 1. The molecule has 1 aliphatic rings. The summed E-state index contributed by atoms with van der Waals surface area (Å²) in [4.78, 5) is 26.9. The van der Waals surface area contributed by atoms with Gasteiger partial charge in [0.25, 0.3) is 11.8 Å². The average Bonchev–Trinajstić information content (AvgIpc) is 3.14. The Kier molecular flexibility index (Phi) is 4.93. The molecule has 3 aromatic rings. The minimum absolute atomic E-state index is 0.0180. The highest BCUT2D eigenvalue weighted by atomic mass is 79.9. The molecule has 0 bridgehead atoms. The van der Waals surface area contributed by atoms with E-state index in [9.17, 15) is 9.59 Å². The molecule has 7 heteroatoms. The van der Waals surface area contributed by atoms with Crippen molar-refractivity contribution in [2.45, 2.75) is 0 Å². The van der Waals surface area contributed by atoms with Gasteiger partial charge >= 0.3 is 0 Å². The predicted molar refractivity (Wildman–Crippen MR) is 116 cm³/mol. The standard InChI is InChI=1S/C21H14BrN3O2S/c22-14-6-4-9-17(12-14)25-20(27)18(19(26)23-21(25)28)13-16-10-5-11-24(16)15-7-2-1-3-8-15/h1-13H,(H,23,26,28)/b18-13-. The van der Waals surface area contributed by atoms with Gasteiger partial charge in [-0.25, -0.2) is 0 Å². The smallest absolute Gasteiger partial charge is 0.270 e. The SMILES string of the molecule is O=C1NC(=S)N(c2cccc(Br)c2)C(=O)/C1=C\c1cccn1-c1ccccc1. The second-order valence-corrected chi connectivity index (χ2v) is 7.38. The number of para-hydroxylation sites is 1. The van der Waals surface area contributed by atoms with Crippen LogP contribution in [0.25, 0.3) is 11.8 Å². The summed E-state index contributed by atoms with van der Waals surface area (Å²) in [5, 5.41) is 2.66. The Morgan fingerprint density at radius 2 is 1.68 bits per heavy atom. The lowest BCUT2D eigenvalue weighted by atomic mass is 10.1. The van der Waals surface area contributed by atoms with Crippen molar-refractivity contribution in [1.29, 1.82) is 0 Å². The first kappa shape index (κ1) is 18.3. The number of nitrogens with zero attached hydrogens (tertiary/aromatic N) is 2. The molecule has 0 unspecified atom stereocenters. The van der Waals surface area contributed by atoms with Crippen LogP contribution in [0.15, 0.2) is 83.0 Å². The lowest BCUT2D eigenvalue weighted by molar-refractivity contribution is -0.122. The molecule has 1 fully saturated rings. The zero-order valence-electron chi connectivity index (χ0n) is 14.5. The van der Waals surface area contributed by atoms with Gasteiger partial charge in [0.1, 0.15) is 5.57 Å². The summed E-state index contributed by atoms with van der Waals surface area (Å²) in [6, 6.07) is 20.6. The van der Waals surface area contributed by atoms with Crippen molar-refractivity contribution < 1.29 is 9.59 Å². The average molecular weight is 452 g/mol. The molecule has 0 spiro atoms. The molecule has 0 atom stereocenters. The zero-order chi connectivity index (χ0) is 19.7. The number of rotatable bonds is 3. The Balaban J connectivity index is 1.76. The van der Waals surface area contributed by atoms with E-state index >= 15 is 0 Å². The number of anilines is 1. The van der Waals surface area contributed by atoms with Crippen molar-refractivity contribution >= 4 is 56.8 Å². The fraction of sp³-hybridized carbons (Fsp3) is 0. The van der Waals surface area contributed by atoms with Crippen molar-refractivity contribution in [3.05, 3.63) is 88.7 Å². The third-order valence-electron chi connectivity index (χ3n) is 4.27. The zero-order valence-corrected chi connectivity index (χ0v) is 16.9. The van der Waals surface area contributed by atoms with Gasteiger partial charge in [-0.15, -0.1) is 0 Å². The summed E-state index contributed by atoms with van der Waals surface area (Å²) < 4.78 is 2.71. The van der Waals surface area contributed by atoms with Gasteiger partial charge in [0.2, 0.25) is 0 Å². The summed E-state index contributed by atoms with van der Waals surface area (Å²) in [6.07, 6.45) is 3.46. The van der Waals surface area contributed by atoms with Gasteiger partial charge in [-0.05, 0) is 60.8 Å². The van der Waals surface area contributed by atoms with Crippen molar-refractivity contribution in [2.75, 3.05) is 4.90 Å². The fourth-order valence-electron chi connectivity index (χ4n) is 2.99. The molecule has 1 saturated heterocycles. The van der Waals surface area contributed by atoms with Gasteiger partial charge in [0, 0.05) is 22.1 Å². The van der Waals surface area contributed by atoms with E-state index in [0.29, 0.717) is 11.4 Å². The second-order valence-electron chi connectivity index (χ2n) is 6.08. The molecule has 0 aliphatic carbocycles. The number of carbonyl (C=O) groups excluding carboxylic acids is 2. The minimum Gasteiger partial charge on any atom is -0.317 e. The van der Waals surface area contributed by atoms with Crippen LogP contribution >= 0.6 is 28.1 Å². The Morgan fingerprint density at radius 3 is 2.43 bits per heavy atom. The number of hydrogen-bond donors (Lipinski definition) is 1. The quantitative estimate of drug-likeness (QED) is 0.371. The van der Waals surface area contributed by atoms with E-state index in [2.05, 4.69) is 21.2 Å². The van der Waals surface area contributed by atoms with Gasteiger partial charge in [0.15, 0.2) is 5.11 Å². The van der Waals surface area contributed by atoms with Crippen LogP contribution in [-0.4, -0.2) is 21.5 Å². The molecule has 1 N–H and O–H groups in total. The summed E-state index contributed by atoms with van der Waals surface area (Å²) in [6.45, 7) is 0. The molecule has 0 radical (unpaired) electrons. The van der Waals surface area contributed by atoms with Crippen LogP contribution in [0, 0.1) is 0 Å². The number of aromatic nitrogens is 1. The monoisotopic (exact) mass is 451 g/mol. The third-order valence-corrected chi connectivity index (χ3v) is 5.05. The van der Waals surface area contributed by atoms with Crippen LogP contribution in [0.4, 0.5) is 5.69 Å². The van der Waals surface area contributed by atoms with Crippen LogP contribution in [0.5, 0.6) is 0 Å². The van der Waals surface area contributed by atoms with Crippen LogP contribution in [0.1, 0.15) is 5.69 Å². The number of carbonyl (C=O) groups is 2. The Bertz CT molecular complexity index is 1120. The van der Waals surface area contributed by atoms with E-state index in [0.717, 1.165) is 10.2 Å². The molecule has 5 nitrogen and oxygen atoms in total. The molecule has 28 heavy (non-hydrogen) atoms. The van der Waals surface area contributed by atoms with Gasteiger partial charge in [-0.3, -0.25) is 19.8 Å². The molecule has 4 rings (SSSR count). The number of hydrogen-bond acceptors (Lipinski definition) is 3. The lowest BCUT2D eigenvalue weighted by Gasteiger charge is -2.29. The number of thiocarbonyl (C=S) groups is 1. The molecule has 0 saturated carbocycles. The van der Waals surface area contributed by atoms with Gasteiger partial charge < -0.3 is 4.57 Å². The largest absolute Gasteiger partial charge is 0.317 e. The lowest BCUT2D eigenvalue weighted by Crippen LogP contribution is -2.54. The highest BCUT2D eigenvalue weighted by Gasteiger charge is 2.34. The van der Waals surface area contributed by atoms with Crippen LogP contribution in [0.2, 0.25) is 0 Å². The van der Waals surface area contributed by atoms with E-state index in [1.807, 2.05) is 59.3 Å². The van der Waals surface area contributed by atoms with E-state index in [1.54, 1.807) is 24.3 Å². The summed E-state index contributed by atoms with van der Waals surface area (Å²) >= 11 is 8.63. The third kappa shape index (κ3) is 3.42. The first-order valence-corrected chi connectivity index (χ1v) is 9.64. The topological polar surface area (TPSA) is 54.3 Å². The predicted octanol–water partition coefficient (Wildman–Crippen LogP) is 4.07. The maximum absolute atomic E-state index is 13.1. The molecule has 138 valence electrons. The number of amides is 2. The highest BCUT2D eigenvalue weighted by Crippen LogP contribution is 2.25. The van der Waals surface area contributed by atoms with E-state index in [-0.39, 0.29) is 10.7 Å². The van der Waals surface area contributed by atoms with Crippen molar-refractivity contribution in [2.24, 2.45) is 0 Å². The summed E-state index contributed by atoms with van der Waals surface area (Å²) in [7, 11) is 0.